The Labute approximate surface area is 579 Å². The quantitative estimate of drug-likeness (QED) is 0.0985. The number of ketones is 6. The molecule has 0 amide bonds. The van der Waals surface area contributed by atoms with Gasteiger partial charge in [-0.15, -0.1) is 9.84 Å². The summed E-state index contributed by atoms with van der Waals surface area (Å²) >= 11 is 0. The Hall–Kier alpha value is -6.58. The van der Waals surface area contributed by atoms with Crippen LogP contribution in [0.1, 0.15) is 39.3 Å². The number of rotatable bonds is 7. The van der Waals surface area contributed by atoms with Gasteiger partial charge in [0.15, 0.2) is 0 Å². The Bertz CT molecular complexity index is 2700. The first kappa shape index (κ1) is 111. The van der Waals surface area contributed by atoms with E-state index in [9.17, 15) is 228 Å². The van der Waals surface area contributed by atoms with Crippen molar-refractivity contribution in [3.05, 3.63) is 92.8 Å². The molecule has 2 heterocycles. The summed E-state index contributed by atoms with van der Waals surface area (Å²) in [4.78, 5) is 75.2. The number of carbonyl (C=O) groups excluding carboxylic acids is 6. The fourth-order valence-electron chi connectivity index (χ4n) is 3.43. The van der Waals surface area contributed by atoms with Crippen LogP contribution in [0, 0.1) is 93.4 Å². The van der Waals surface area contributed by atoms with Crippen molar-refractivity contribution in [3.8, 4) is 0 Å². The molecule has 581 valence electrons. The second-order valence-corrected chi connectivity index (χ2v) is 16.5. The Morgan fingerprint density at radius 1 is 0.354 bits per heavy atom. The molecule has 0 spiro atoms. The number of aryl methyl sites for hydroxylation is 1. The van der Waals surface area contributed by atoms with E-state index in [1.807, 2.05) is 0 Å². The van der Waals surface area contributed by atoms with E-state index in [1.165, 1.54) is 0 Å². The molecule has 2 rings (SSSR count). The van der Waals surface area contributed by atoms with Crippen molar-refractivity contribution in [2.75, 3.05) is 0 Å². The van der Waals surface area contributed by atoms with Crippen LogP contribution in [0.15, 0.2) is 71.0 Å². The molecule has 1 aromatic rings. The summed E-state index contributed by atoms with van der Waals surface area (Å²) in [5, 5.41) is 77.6. The van der Waals surface area contributed by atoms with Crippen LogP contribution >= 0.6 is 0 Å². The van der Waals surface area contributed by atoms with Gasteiger partial charge in [-0.2, -0.15) is 158 Å². The number of nitrogens with one attached hydrogen (secondary N) is 1. The number of hydrogen-bond donors (Lipinski definition) is 1. The van der Waals surface area contributed by atoms with Gasteiger partial charge in [0.1, 0.15) is 10.6 Å². The van der Waals surface area contributed by atoms with Crippen molar-refractivity contribution in [2.24, 2.45) is 0 Å². The minimum Gasteiger partial charge on any atom is -0.869 e. The van der Waals surface area contributed by atoms with Crippen LogP contribution in [-0.4, -0.2) is 150 Å². The van der Waals surface area contributed by atoms with E-state index in [1.54, 1.807) is 34.6 Å². The van der Waals surface area contributed by atoms with E-state index < -0.39 is 191 Å². The zero-order valence-corrected chi connectivity index (χ0v) is 50.4. The molecule has 0 fully saturated rings. The molecule has 0 atom stereocenters. The van der Waals surface area contributed by atoms with Gasteiger partial charge >= 0.3 is 124 Å². The second kappa shape index (κ2) is 39.6. The van der Waals surface area contributed by atoms with Crippen molar-refractivity contribution >= 4 is 40.5 Å². The van der Waals surface area contributed by atoms with Gasteiger partial charge < -0.3 is 46.8 Å². The topological polar surface area (TPSA) is 394 Å². The summed E-state index contributed by atoms with van der Waals surface area (Å²) in [7, 11) is 0. The standard InChI is InChI=1S/C10H16N5O2.6C5H2F6O2.2Dy.2H2O/c1-6-11-7(13-12-6)8-14(16)9(2,3)10(4,5)15(8)17;6*6-4(7,8)2(12)1-3(13)5(9,10)11;;;;/h1-5H3,(H,11,12,13);6*1,12H;;;2*1H2/q+1;;;;;;;;+3;;/p-4/b;6*2-1-;;;;. The van der Waals surface area contributed by atoms with Gasteiger partial charge in [0, 0.05) is 70.8 Å². The van der Waals surface area contributed by atoms with Crippen LogP contribution in [0.2, 0.25) is 0 Å². The molecular formula is C40H28Dy2F36N5O16. The largest absolute Gasteiger partial charge is 3.00 e. The molecule has 0 unspecified atom stereocenters. The van der Waals surface area contributed by atoms with Gasteiger partial charge in [0.2, 0.25) is 5.54 Å². The van der Waals surface area contributed by atoms with Crippen molar-refractivity contribution in [1.29, 1.82) is 0 Å². The van der Waals surface area contributed by atoms with E-state index >= 15 is 0 Å². The Morgan fingerprint density at radius 3 is 0.596 bits per heavy atom. The molecule has 1 radical (unpaired) electrons. The first-order valence-electron chi connectivity index (χ1n) is 21.1. The third-order valence-electron chi connectivity index (χ3n) is 8.62. The molecule has 21 nitrogen and oxygen atoms in total. The molecule has 1 aromatic heterocycles. The third kappa shape index (κ3) is 42.3. The average Bonchev–Trinajstić information content (AvgIpc) is 1.58. The number of nitroso groups, excluding NO2 is 1. The van der Waals surface area contributed by atoms with E-state index in [4.69, 9.17) is 0 Å². The number of nitrogens with zero attached hydrogens (tertiary/aromatic N) is 4. The van der Waals surface area contributed by atoms with Crippen molar-refractivity contribution in [2.45, 2.75) is 120 Å². The number of allylic oxidation sites excluding steroid dienone is 12. The number of aromatic amines is 1. The second-order valence-electron chi connectivity index (χ2n) is 16.5. The van der Waals surface area contributed by atoms with Crippen molar-refractivity contribution in [1.82, 2.24) is 15.2 Å². The predicted octanol–water partition coefficient (Wildman–Crippen LogP) is 4.42. The first-order valence-corrected chi connectivity index (χ1v) is 21.1. The van der Waals surface area contributed by atoms with Crippen molar-refractivity contribution in [3.63, 3.8) is 0 Å². The molecule has 7 N–H and O–H groups in total. The number of hydroxylamine groups is 1. The van der Waals surface area contributed by atoms with Gasteiger partial charge in [0.05, 0.1) is 0 Å². The molecular weight excluding hydrogens is 1820 g/mol. The van der Waals surface area contributed by atoms with Gasteiger partial charge in [-0.05, 0) is 77.9 Å². The maximum atomic E-state index is 12.2. The predicted molar refractivity (Wildman–Crippen MR) is 222 cm³/mol. The zero-order valence-electron chi connectivity index (χ0n) is 46.4. The molecule has 0 saturated heterocycles. The van der Waals surface area contributed by atoms with Crippen LogP contribution in [-0.2, 0) is 39.7 Å². The zero-order chi connectivity index (χ0) is 78.2. The SMILES string of the molecule is Cc1nc(C2=[N+]([O-])C(C)(C)C(C)(C)[N+]2=O)n[nH]1.O=C(/C=C(\[O-])C(F)(F)F)C(F)(F)F.O=C(/C=C(\[O-])C(F)(F)F)C(F)(F)F.O=C(/C=C(\[O-])C(F)(F)F)C(F)(F)F.O=C(/C=C(\[O-])C(F)(F)F)C(F)(F)F.O=C(/C=C(\[O-])C(F)(F)F)C(F)(F)F.O=C(/C=C(\[O-])C(F)(F)F)C(F)(F)F.[Dy+3].[Dy].[OH3+].[OH3+]. The van der Waals surface area contributed by atoms with Gasteiger partial charge in [-0.1, -0.05) is 0 Å². The van der Waals surface area contributed by atoms with Crippen LogP contribution in [0.25, 0.3) is 0 Å². The maximum Gasteiger partial charge on any atom is 3.00 e. The minimum absolute atomic E-state index is 0. The summed E-state index contributed by atoms with van der Waals surface area (Å²) in [6, 6.07) is 0. The Balaban J connectivity index is -0.000000136. The minimum atomic E-state index is -5.46. The summed E-state index contributed by atoms with van der Waals surface area (Å²) in [5.41, 5.74) is -1.67. The summed E-state index contributed by atoms with van der Waals surface area (Å²) in [6.45, 7) is 8.65. The fourth-order valence-corrected chi connectivity index (χ4v) is 3.43. The number of aromatic nitrogens is 3. The van der Waals surface area contributed by atoms with Gasteiger partial charge in [-0.25, -0.2) is 4.98 Å². The van der Waals surface area contributed by atoms with Crippen LogP contribution in [0.5, 0.6) is 0 Å². The fraction of sp³-hybridized carbons (Fsp3) is 0.475. The Morgan fingerprint density at radius 2 is 0.505 bits per heavy atom. The molecule has 1 aliphatic rings. The molecule has 99 heavy (non-hydrogen) atoms. The maximum absolute atomic E-state index is 12.2. The summed E-state index contributed by atoms with van der Waals surface area (Å²) < 4.78 is 408. The van der Waals surface area contributed by atoms with E-state index in [0.717, 1.165) is 0 Å². The Kier molecular flexibility index (Phi) is 44.4. The number of amidine groups is 1. The van der Waals surface area contributed by atoms with Crippen LogP contribution in [0.4, 0.5) is 158 Å². The molecule has 1 aliphatic heterocycles. The number of carbonyl (C=O) groups is 6. The average molecular weight is 1840 g/mol. The molecule has 0 aromatic carbocycles. The number of hydrogen-bond acceptors (Lipinski definition) is 16. The van der Waals surface area contributed by atoms with Gasteiger partial charge in [-0.3, -0.25) is 33.9 Å². The molecule has 0 aliphatic carbocycles. The first-order chi connectivity index (χ1) is 41.0. The normalized spacial score (nSPS) is 15.2. The number of halogens is 36. The van der Waals surface area contributed by atoms with Crippen LogP contribution < -0.4 is 30.6 Å². The molecule has 59 heteroatoms. The van der Waals surface area contributed by atoms with E-state index in [2.05, 4.69) is 15.2 Å². The van der Waals surface area contributed by atoms with Crippen molar-refractivity contribution < 1.29 is 314 Å². The van der Waals surface area contributed by atoms with E-state index in [0.29, 0.717) is 15.3 Å². The van der Waals surface area contributed by atoms with Gasteiger partial charge in [0.25, 0.3) is 40.2 Å². The summed E-state index contributed by atoms with van der Waals surface area (Å²) in [5.74, 6) is -33.2. The van der Waals surface area contributed by atoms with Crippen LogP contribution in [0.3, 0.4) is 0 Å². The van der Waals surface area contributed by atoms with E-state index in [-0.39, 0.29) is 99.0 Å². The number of alkyl halides is 36. The number of H-pyrrole nitrogens is 1. The monoisotopic (exact) mass is 1850 g/mol. The smallest absolute Gasteiger partial charge is 0.869 e. The molecule has 0 bridgehead atoms. The third-order valence-corrected chi connectivity index (χ3v) is 8.62. The summed E-state index contributed by atoms with van der Waals surface area (Å²) in [6.07, 6.45) is -71.7. The molecule has 0 saturated carbocycles.